The SMILES string of the molecule is C=CCO/C(=C/C(=O)OC)C(=O)OC. The van der Waals surface area contributed by atoms with E-state index in [9.17, 15) is 9.59 Å². The molecule has 0 aliphatic carbocycles. The molecule has 0 atom stereocenters. The van der Waals surface area contributed by atoms with Crippen LogP contribution in [0.5, 0.6) is 0 Å². The zero-order valence-corrected chi connectivity index (χ0v) is 8.11. The molecule has 14 heavy (non-hydrogen) atoms. The van der Waals surface area contributed by atoms with Gasteiger partial charge < -0.3 is 14.2 Å². The van der Waals surface area contributed by atoms with Gasteiger partial charge in [-0.25, -0.2) is 9.59 Å². The highest BCUT2D eigenvalue weighted by Gasteiger charge is 2.12. The molecule has 0 heterocycles. The molecule has 0 aliphatic rings. The Balaban J connectivity index is 4.52. The summed E-state index contributed by atoms with van der Waals surface area (Å²) in [6.07, 6.45) is 2.35. The first kappa shape index (κ1) is 12.2. The fraction of sp³-hybridized carbons (Fsp3) is 0.333. The predicted octanol–water partition coefficient (Wildman–Crippen LogP) is 0.419. The Bertz CT molecular complexity index is 254. The van der Waals surface area contributed by atoms with E-state index in [4.69, 9.17) is 4.74 Å². The molecule has 0 aromatic heterocycles. The van der Waals surface area contributed by atoms with Crippen LogP contribution in [0.1, 0.15) is 0 Å². The number of hydrogen-bond acceptors (Lipinski definition) is 5. The van der Waals surface area contributed by atoms with E-state index in [0.717, 1.165) is 6.08 Å². The van der Waals surface area contributed by atoms with E-state index in [0.29, 0.717) is 0 Å². The van der Waals surface area contributed by atoms with Crippen molar-refractivity contribution < 1.29 is 23.8 Å². The van der Waals surface area contributed by atoms with Crippen LogP contribution in [0.15, 0.2) is 24.5 Å². The summed E-state index contributed by atoms with van der Waals surface area (Å²) in [7, 11) is 2.38. The predicted molar refractivity (Wildman–Crippen MR) is 48.3 cm³/mol. The normalized spacial score (nSPS) is 10.3. The second kappa shape index (κ2) is 6.71. The molecule has 0 aromatic rings. The Morgan fingerprint density at radius 2 is 1.93 bits per heavy atom. The summed E-state index contributed by atoms with van der Waals surface area (Å²) in [5.41, 5.74) is 0. The average Bonchev–Trinajstić information content (AvgIpc) is 2.22. The molecule has 0 bridgehead atoms. The number of esters is 2. The van der Waals surface area contributed by atoms with E-state index in [2.05, 4.69) is 16.1 Å². The van der Waals surface area contributed by atoms with Gasteiger partial charge in [0.25, 0.3) is 0 Å². The first-order chi connectivity index (χ1) is 6.65. The first-order valence-corrected chi connectivity index (χ1v) is 3.77. The molecule has 0 amide bonds. The highest BCUT2D eigenvalue weighted by atomic mass is 16.6. The van der Waals surface area contributed by atoms with Crippen molar-refractivity contribution in [1.29, 1.82) is 0 Å². The minimum atomic E-state index is -0.739. The van der Waals surface area contributed by atoms with Crippen molar-refractivity contribution in [3.05, 3.63) is 24.5 Å². The molecule has 0 unspecified atom stereocenters. The van der Waals surface area contributed by atoms with Gasteiger partial charge >= 0.3 is 11.9 Å². The van der Waals surface area contributed by atoms with Gasteiger partial charge in [-0.1, -0.05) is 12.7 Å². The number of carbonyl (C=O) groups excluding carboxylic acids is 2. The number of ether oxygens (including phenoxy) is 3. The zero-order chi connectivity index (χ0) is 11.0. The quantitative estimate of drug-likeness (QED) is 0.278. The van der Waals surface area contributed by atoms with Crippen LogP contribution in [0.25, 0.3) is 0 Å². The highest BCUT2D eigenvalue weighted by molar-refractivity contribution is 5.94. The van der Waals surface area contributed by atoms with Gasteiger partial charge in [0.2, 0.25) is 5.76 Å². The van der Waals surface area contributed by atoms with E-state index in [1.165, 1.54) is 20.3 Å². The molecule has 0 fully saturated rings. The van der Waals surface area contributed by atoms with Crippen molar-refractivity contribution >= 4 is 11.9 Å². The number of hydrogen-bond donors (Lipinski definition) is 0. The molecule has 0 rings (SSSR count). The summed E-state index contributed by atoms with van der Waals surface area (Å²) in [4.78, 5) is 21.8. The van der Waals surface area contributed by atoms with E-state index < -0.39 is 11.9 Å². The lowest BCUT2D eigenvalue weighted by atomic mass is 10.4. The second-order valence-electron chi connectivity index (χ2n) is 2.12. The Morgan fingerprint density at radius 3 is 2.36 bits per heavy atom. The van der Waals surface area contributed by atoms with Crippen molar-refractivity contribution in [2.45, 2.75) is 0 Å². The van der Waals surface area contributed by atoms with Gasteiger partial charge in [-0.05, 0) is 0 Å². The van der Waals surface area contributed by atoms with Crippen LogP contribution in [0.2, 0.25) is 0 Å². The highest BCUT2D eigenvalue weighted by Crippen LogP contribution is 2.00. The molecule has 0 radical (unpaired) electrons. The van der Waals surface area contributed by atoms with Crippen LogP contribution in [0.4, 0.5) is 0 Å². The van der Waals surface area contributed by atoms with E-state index >= 15 is 0 Å². The minimum Gasteiger partial charge on any atom is -0.482 e. The fourth-order valence-corrected chi connectivity index (χ4v) is 0.575. The third-order valence-corrected chi connectivity index (χ3v) is 1.19. The van der Waals surface area contributed by atoms with Crippen molar-refractivity contribution in [3.63, 3.8) is 0 Å². The summed E-state index contributed by atoms with van der Waals surface area (Å²) >= 11 is 0. The monoisotopic (exact) mass is 200 g/mol. The molecule has 0 saturated heterocycles. The molecule has 0 aliphatic heterocycles. The third-order valence-electron chi connectivity index (χ3n) is 1.19. The Labute approximate surface area is 81.9 Å². The minimum absolute atomic E-state index is 0.109. The smallest absolute Gasteiger partial charge is 0.373 e. The van der Waals surface area contributed by atoms with E-state index in [1.54, 1.807) is 0 Å². The van der Waals surface area contributed by atoms with Gasteiger partial charge in [-0.3, -0.25) is 0 Å². The molecule has 5 nitrogen and oxygen atoms in total. The Morgan fingerprint density at radius 1 is 1.29 bits per heavy atom. The maximum absolute atomic E-state index is 11.0. The number of carbonyl (C=O) groups is 2. The van der Waals surface area contributed by atoms with E-state index in [-0.39, 0.29) is 12.4 Å². The molecule has 78 valence electrons. The Hall–Kier alpha value is -1.78. The van der Waals surface area contributed by atoms with Crippen LogP contribution >= 0.6 is 0 Å². The molecule has 0 aromatic carbocycles. The van der Waals surface area contributed by atoms with Gasteiger partial charge in [0.1, 0.15) is 6.61 Å². The van der Waals surface area contributed by atoms with Crippen LogP contribution < -0.4 is 0 Å². The number of rotatable bonds is 5. The van der Waals surface area contributed by atoms with Gasteiger partial charge in [0.15, 0.2) is 0 Å². The molecule has 5 heteroatoms. The summed E-state index contributed by atoms with van der Waals surface area (Å²) in [5.74, 6) is -1.63. The topological polar surface area (TPSA) is 61.8 Å². The lowest BCUT2D eigenvalue weighted by Crippen LogP contribution is -2.11. The van der Waals surface area contributed by atoms with Crippen molar-refractivity contribution in [3.8, 4) is 0 Å². The standard InChI is InChI=1S/C9H12O5/c1-4-5-14-7(9(11)13-3)6-8(10)12-2/h4,6H,1,5H2,2-3H3/b7-6+. The number of methoxy groups -OCH3 is 2. The molecular formula is C9H12O5. The maximum atomic E-state index is 11.0. The van der Waals surface area contributed by atoms with Crippen LogP contribution in [0, 0.1) is 0 Å². The lowest BCUT2D eigenvalue weighted by Gasteiger charge is -2.05. The third kappa shape index (κ3) is 4.30. The molecule has 0 spiro atoms. The molecule has 0 saturated carbocycles. The van der Waals surface area contributed by atoms with Gasteiger partial charge in [-0.2, -0.15) is 0 Å². The first-order valence-electron chi connectivity index (χ1n) is 3.77. The van der Waals surface area contributed by atoms with Crippen molar-refractivity contribution in [2.75, 3.05) is 20.8 Å². The fourth-order valence-electron chi connectivity index (χ4n) is 0.575. The Kier molecular flexibility index (Phi) is 5.85. The van der Waals surface area contributed by atoms with Crippen molar-refractivity contribution in [2.24, 2.45) is 0 Å². The lowest BCUT2D eigenvalue weighted by molar-refractivity contribution is -0.141. The van der Waals surface area contributed by atoms with E-state index in [1.807, 2.05) is 0 Å². The average molecular weight is 200 g/mol. The van der Waals surface area contributed by atoms with Gasteiger partial charge in [-0.15, -0.1) is 0 Å². The second-order valence-corrected chi connectivity index (χ2v) is 2.12. The molecular weight excluding hydrogens is 188 g/mol. The zero-order valence-electron chi connectivity index (χ0n) is 8.11. The van der Waals surface area contributed by atoms with Gasteiger partial charge in [0, 0.05) is 0 Å². The summed E-state index contributed by atoms with van der Waals surface area (Å²) in [6.45, 7) is 3.51. The van der Waals surface area contributed by atoms with Crippen LogP contribution in [0.3, 0.4) is 0 Å². The van der Waals surface area contributed by atoms with Crippen molar-refractivity contribution in [1.82, 2.24) is 0 Å². The van der Waals surface area contributed by atoms with Crippen LogP contribution in [-0.4, -0.2) is 32.8 Å². The van der Waals surface area contributed by atoms with Crippen LogP contribution in [-0.2, 0) is 23.8 Å². The summed E-state index contributed by atoms with van der Waals surface area (Å²) < 4.78 is 13.6. The van der Waals surface area contributed by atoms with Gasteiger partial charge in [0.05, 0.1) is 20.3 Å². The largest absolute Gasteiger partial charge is 0.482 e. The summed E-state index contributed by atoms with van der Waals surface area (Å²) in [5, 5.41) is 0. The molecule has 0 N–H and O–H groups in total. The maximum Gasteiger partial charge on any atom is 0.373 e. The summed E-state index contributed by atoms with van der Waals surface area (Å²) in [6, 6.07) is 0.